The lowest BCUT2D eigenvalue weighted by molar-refractivity contribution is -0.141. The van der Waals surface area contributed by atoms with E-state index in [0.717, 1.165) is 42.9 Å². The standard InChI is InChI=1S/C18H27N3O2S/c1-18(2,3)14-12-24-17(19-14)13-7-4-5-10-21(13)16(23)11-20-9-6-8-15(20)22/h12-13H,4-11H2,1-3H3/t13-/m0/s1. The number of carbonyl (C=O) groups is 2. The second-order valence-corrected chi connectivity index (χ2v) is 8.73. The first-order valence-corrected chi connectivity index (χ1v) is 9.77. The van der Waals surface area contributed by atoms with Crippen LogP contribution in [0, 0.1) is 0 Å². The van der Waals surface area contributed by atoms with Crippen LogP contribution in [0.5, 0.6) is 0 Å². The van der Waals surface area contributed by atoms with E-state index in [4.69, 9.17) is 4.98 Å². The number of nitrogens with zero attached hydrogens (tertiary/aromatic N) is 3. The predicted octanol–water partition coefficient (Wildman–Crippen LogP) is 3.12. The van der Waals surface area contributed by atoms with Crippen LogP contribution in [0.4, 0.5) is 0 Å². The predicted molar refractivity (Wildman–Crippen MR) is 94.9 cm³/mol. The summed E-state index contributed by atoms with van der Waals surface area (Å²) >= 11 is 1.66. The van der Waals surface area contributed by atoms with E-state index in [-0.39, 0.29) is 29.8 Å². The molecule has 2 fully saturated rings. The number of thiazole rings is 1. The minimum absolute atomic E-state index is 0.0280. The number of hydrogen-bond donors (Lipinski definition) is 0. The lowest BCUT2D eigenvalue weighted by atomic mass is 9.93. The van der Waals surface area contributed by atoms with Crippen LogP contribution < -0.4 is 0 Å². The number of aromatic nitrogens is 1. The third-order valence-corrected chi connectivity index (χ3v) is 5.84. The van der Waals surface area contributed by atoms with Crippen LogP contribution in [0.1, 0.15) is 69.6 Å². The van der Waals surface area contributed by atoms with Gasteiger partial charge in [-0.05, 0) is 25.7 Å². The van der Waals surface area contributed by atoms with Gasteiger partial charge in [-0.1, -0.05) is 20.8 Å². The Morgan fingerprint density at radius 2 is 2.08 bits per heavy atom. The molecule has 24 heavy (non-hydrogen) atoms. The van der Waals surface area contributed by atoms with E-state index < -0.39 is 0 Å². The van der Waals surface area contributed by atoms with Gasteiger partial charge >= 0.3 is 0 Å². The van der Waals surface area contributed by atoms with Gasteiger partial charge in [0.15, 0.2) is 0 Å². The van der Waals surface area contributed by atoms with Crippen molar-refractivity contribution in [3.05, 3.63) is 16.1 Å². The van der Waals surface area contributed by atoms with E-state index in [0.29, 0.717) is 13.0 Å². The van der Waals surface area contributed by atoms with Crippen LogP contribution in [0.15, 0.2) is 5.38 Å². The molecule has 0 N–H and O–H groups in total. The summed E-state index contributed by atoms with van der Waals surface area (Å²) in [5.74, 6) is 0.184. The third kappa shape index (κ3) is 3.63. The first-order chi connectivity index (χ1) is 11.4. The van der Waals surface area contributed by atoms with Crippen LogP contribution >= 0.6 is 11.3 Å². The average molecular weight is 350 g/mol. The maximum absolute atomic E-state index is 12.8. The molecule has 6 heteroatoms. The van der Waals surface area contributed by atoms with Crippen LogP contribution in [0.3, 0.4) is 0 Å². The first kappa shape index (κ1) is 17.4. The van der Waals surface area contributed by atoms with Crippen molar-refractivity contribution in [1.29, 1.82) is 0 Å². The molecule has 3 rings (SSSR count). The lowest BCUT2D eigenvalue weighted by Crippen LogP contribution is -2.44. The highest BCUT2D eigenvalue weighted by Crippen LogP contribution is 2.35. The Morgan fingerprint density at radius 1 is 1.29 bits per heavy atom. The Labute approximate surface area is 148 Å². The van der Waals surface area contributed by atoms with Gasteiger partial charge in [-0.25, -0.2) is 4.98 Å². The molecule has 1 aromatic rings. The SMILES string of the molecule is CC(C)(C)c1csc([C@@H]2CCCCN2C(=O)CN2CCCC2=O)n1. The van der Waals surface area contributed by atoms with Crippen LogP contribution in [0.25, 0.3) is 0 Å². The van der Waals surface area contributed by atoms with Crippen LogP contribution in [-0.2, 0) is 15.0 Å². The van der Waals surface area contributed by atoms with Gasteiger partial charge in [-0.3, -0.25) is 9.59 Å². The molecular weight excluding hydrogens is 322 g/mol. The van der Waals surface area contributed by atoms with E-state index >= 15 is 0 Å². The molecule has 3 heterocycles. The molecule has 2 saturated heterocycles. The monoisotopic (exact) mass is 349 g/mol. The third-order valence-electron chi connectivity index (χ3n) is 4.90. The zero-order valence-corrected chi connectivity index (χ0v) is 15.7. The fourth-order valence-corrected chi connectivity index (χ4v) is 4.59. The van der Waals surface area contributed by atoms with E-state index in [1.54, 1.807) is 16.2 Å². The van der Waals surface area contributed by atoms with Crippen molar-refractivity contribution in [2.24, 2.45) is 0 Å². The zero-order chi connectivity index (χ0) is 17.3. The second kappa shape index (κ2) is 6.82. The smallest absolute Gasteiger partial charge is 0.242 e. The average Bonchev–Trinajstić information content (AvgIpc) is 3.17. The molecule has 1 atom stereocenters. The van der Waals surface area contributed by atoms with E-state index in [9.17, 15) is 9.59 Å². The van der Waals surface area contributed by atoms with Crippen molar-refractivity contribution >= 4 is 23.2 Å². The maximum Gasteiger partial charge on any atom is 0.242 e. The fourth-order valence-electron chi connectivity index (χ4n) is 3.40. The van der Waals surface area contributed by atoms with Gasteiger partial charge < -0.3 is 9.80 Å². The summed E-state index contributed by atoms with van der Waals surface area (Å²) in [5, 5.41) is 3.16. The van der Waals surface area contributed by atoms with Crippen molar-refractivity contribution in [3.8, 4) is 0 Å². The van der Waals surface area contributed by atoms with Crippen molar-refractivity contribution < 1.29 is 9.59 Å². The van der Waals surface area contributed by atoms with Crippen molar-refractivity contribution in [1.82, 2.24) is 14.8 Å². The van der Waals surface area contributed by atoms with Crippen molar-refractivity contribution in [3.63, 3.8) is 0 Å². The van der Waals surface area contributed by atoms with Gasteiger partial charge in [0.05, 0.1) is 18.3 Å². The highest BCUT2D eigenvalue weighted by atomic mass is 32.1. The van der Waals surface area contributed by atoms with E-state index in [1.807, 2.05) is 4.90 Å². The summed E-state index contributed by atoms with van der Waals surface area (Å²) in [6.45, 7) is 8.20. The summed E-state index contributed by atoms with van der Waals surface area (Å²) < 4.78 is 0. The summed E-state index contributed by atoms with van der Waals surface area (Å²) in [6.07, 6.45) is 4.58. The minimum Gasteiger partial charge on any atom is -0.333 e. The van der Waals surface area contributed by atoms with Gasteiger partial charge in [-0.15, -0.1) is 11.3 Å². The molecule has 2 amide bonds. The molecule has 5 nitrogen and oxygen atoms in total. The van der Waals surface area contributed by atoms with E-state index in [2.05, 4.69) is 26.2 Å². The maximum atomic E-state index is 12.8. The molecule has 0 bridgehead atoms. The van der Waals surface area contributed by atoms with Gasteiger partial charge in [0.1, 0.15) is 5.01 Å². The Kier molecular flexibility index (Phi) is 4.95. The summed E-state index contributed by atoms with van der Waals surface area (Å²) in [5.41, 5.74) is 1.12. The molecule has 132 valence electrons. The molecule has 2 aliphatic heterocycles. The lowest BCUT2D eigenvalue weighted by Gasteiger charge is -2.35. The van der Waals surface area contributed by atoms with Crippen LogP contribution in [-0.4, -0.2) is 46.2 Å². The summed E-state index contributed by atoms with van der Waals surface area (Å²) in [4.78, 5) is 33.1. The topological polar surface area (TPSA) is 53.5 Å². The summed E-state index contributed by atoms with van der Waals surface area (Å²) in [6, 6.07) is 0.0741. The number of amides is 2. The normalized spacial score (nSPS) is 22.3. The molecule has 0 radical (unpaired) electrons. The minimum atomic E-state index is 0.0280. The number of likely N-dealkylation sites (tertiary alicyclic amines) is 2. The van der Waals surface area contributed by atoms with Crippen molar-refractivity contribution in [2.45, 2.75) is 64.3 Å². The molecule has 2 aliphatic rings. The van der Waals surface area contributed by atoms with Crippen LogP contribution in [0.2, 0.25) is 0 Å². The highest BCUT2D eigenvalue weighted by Gasteiger charge is 2.33. The molecule has 0 spiro atoms. The second-order valence-electron chi connectivity index (χ2n) is 7.84. The number of carbonyl (C=O) groups excluding carboxylic acids is 2. The molecule has 0 saturated carbocycles. The quantitative estimate of drug-likeness (QED) is 0.842. The Hall–Kier alpha value is -1.43. The zero-order valence-electron chi connectivity index (χ0n) is 14.9. The first-order valence-electron chi connectivity index (χ1n) is 8.89. The highest BCUT2D eigenvalue weighted by molar-refractivity contribution is 7.09. The van der Waals surface area contributed by atoms with Gasteiger partial charge in [0.25, 0.3) is 0 Å². The Morgan fingerprint density at radius 3 is 2.71 bits per heavy atom. The Balaban J connectivity index is 1.74. The number of rotatable bonds is 3. The van der Waals surface area contributed by atoms with E-state index in [1.165, 1.54) is 0 Å². The molecule has 0 unspecified atom stereocenters. The van der Waals surface area contributed by atoms with Crippen molar-refractivity contribution in [2.75, 3.05) is 19.6 Å². The molecule has 0 aromatic carbocycles. The van der Waals surface area contributed by atoms with Gasteiger partial charge in [0, 0.05) is 30.3 Å². The summed E-state index contributed by atoms with van der Waals surface area (Å²) in [7, 11) is 0. The van der Waals surface area contributed by atoms with Gasteiger partial charge in [-0.2, -0.15) is 0 Å². The Bertz CT molecular complexity index is 620. The largest absolute Gasteiger partial charge is 0.333 e. The molecular formula is C18H27N3O2S. The van der Waals surface area contributed by atoms with Gasteiger partial charge in [0.2, 0.25) is 11.8 Å². The number of piperidine rings is 1. The fraction of sp³-hybridized carbons (Fsp3) is 0.722. The number of hydrogen-bond acceptors (Lipinski definition) is 4. The molecule has 0 aliphatic carbocycles. The molecule has 1 aromatic heterocycles.